The molecule has 27 heavy (non-hydrogen) atoms. The molecule has 6 nitrogen and oxygen atoms in total. The van der Waals surface area contributed by atoms with Crippen molar-refractivity contribution in [2.75, 3.05) is 26.2 Å². The minimum Gasteiger partial charge on any atom is -0.352 e. The molecule has 1 amide bonds. The predicted molar refractivity (Wildman–Crippen MR) is 106 cm³/mol. The molecule has 4 rings (SSSR count). The molecule has 144 valence electrons. The fraction of sp³-hybridized carbons (Fsp3) is 0.571. The molecule has 3 heterocycles. The number of hydrogen-bond acceptors (Lipinski definition) is 4. The monoisotopic (exact) mass is 368 g/mol. The van der Waals surface area contributed by atoms with E-state index >= 15 is 0 Å². The number of benzene rings is 1. The van der Waals surface area contributed by atoms with Crippen LogP contribution in [0.15, 0.2) is 23.0 Å². The molecule has 1 fully saturated rings. The summed E-state index contributed by atoms with van der Waals surface area (Å²) in [6.45, 7) is 4.83. The van der Waals surface area contributed by atoms with Crippen molar-refractivity contribution in [2.24, 2.45) is 0 Å². The summed E-state index contributed by atoms with van der Waals surface area (Å²) in [6, 6.07) is 5.26. The Hall–Kier alpha value is -2.21. The molecular weight excluding hydrogens is 340 g/mol. The van der Waals surface area contributed by atoms with Gasteiger partial charge in [0.25, 0.3) is 11.5 Å². The van der Waals surface area contributed by atoms with E-state index < -0.39 is 0 Å². The molecular formula is C21H28N4O2. The number of nitrogens with zero attached hydrogens (tertiary/aromatic N) is 3. The molecule has 1 aromatic heterocycles. The van der Waals surface area contributed by atoms with Crippen LogP contribution in [-0.4, -0.2) is 46.5 Å². The highest BCUT2D eigenvalue weighted by Gasteiger charge is 2.15. The number of carbonyl (C=O) groups is 1. The molecule has 0 atom stereocenters. The zero-order valence-corrected chi connectivity index (χ0v) is 15.9. The SMILES string of the molecule is O=C(NCCCN1CCCC1)c1ccc2c(=O)n3c(nc2c1)CCCCC3. The number of nitrogens with one attached hydrogen (secondary N) is 1. The highest BCUT2D eigenvalue weighted by Crippen LogP contribution is 2.16. The highest BCUT2D eigenvalue weighted by molar-refractivity contribution is 5.97. The number of carbonyl (C=O) groups excluding carboxylic acids is 1. The molecule has 0 saturated carbocycles. The molecule has 2 aromatic rings. The first-order valence-corrected chi connectivity index (χ1v) is 10.3. The van der Waals surface area contributed by atoms with E-state index in [0.717, 1.165) is 51.0 Å². The quantitative estimate of drug-likeness (QED) is 0.823. The van der Waals surface area contributed by atoms with Gasteiger partial charge in [-0.05, 0) is 69.9 Å². The molecule has 2 aliphatic rings. The second kappa shape index (κ2) is 8.21. The summed E-state index contributed by atoms with van der Waals surface area (Å²) in [5.41, 5.74) is 1.24. The van der Waals surface area contributed by atoms with Crippen LogP contribution in [0, 0.1) is 0 Å². The third-order valence-corrected chi connectivity index (χ3v) is 5.71. The van der Waals surface area contributed by atoms with E-state index in [-0.39, 0.29) is 11.5 Å². The summed E-state index contributed by atoms with van der Waals surface area (Å²) in [7, 11) is 0. The van der Waals surface area contributed by atoms with E-state index in [1.54, 1.807) is 18.2 Å². The van der Waals surface area contributed by atoms with Crippen LogP contribution in [0.2, 0.25) is 0 Å². The predicted octanol–water partition coefficient (Wildman–Crippen LogP) is 2.34. The minimum absolute atomic E-state index is 0.0227. The first-order chi connectivity index (χ1) is 13.2. The van der Waals surface area contributed by atoms with Crippen LogP contribution in [0.3, 0.4) is 0 Å². The van der Waals surface area contributed by atoms with Gasteiger partial charge in [0.15, 0.2) is 0 Å². The van der Waals surface area contributed by atoms with Crippen LogP contribution in [0.25, 0.3) is 10.9 Å². The summed E-state index contributed by atoms with van der Waals surface area (Å²) < 4.78 is 1.81. The van der Waals surface area contributed by atoms with Gasteiger partial charge in [0.2, 0.25) is 0 Å². The number of amides is 1. The van der Waals surface area contributed by atoms with Crippen molar-refractivity contribution in [1.29, 1.82) is 0 Å². The van der Waals surface area contributed by atoms with Gasteiger partial charge in [-0.1, -0.05) is 6.42 Å². The van der Waals surface area contributed by atoms with Crippen LogP contribution >= 0.6 is 0 Å². The number of fused-ring (bicyclic) bond motifs is 2. The van der Waals surface area contributed by atoms with Crippen molar-refractivity contribution in [1.82, 2.24) is 19.8 Å². The molecule has 0 spiro atoms. The molecule has 1 aromatic carbocycles. The lowest BCUT2D eigenvalue weighted by molar-refractivity contribution is 0.0952. The molecule has 0 unspecified atom stereocenters. The maximum absolute atomic E-state index is 12.8. The van der Waals surface area contributed by atoms with E-state index in [9.17, 15) is 9.59 Å². The average molecular weight is 368 g/mol. The highest BCUT2D eigenvalue weighted by atomic mass is 16.1. The fourth-order valence-electron chi connectivity index (χ4n) is 4.17. The van der Waals surface area contributed by atoms with E-state index in [4.69, 9.17) is 4.98 Å². The lowest BCUT2D eigenvalue weighted by atomic mass is 10.1. The zero-order valence-electron chi connectivity index (χ0n) is 15.9. The number of aryl methyl sites for hydroxylation is 1. The summed E-state index contributed by atoms with van der Waals surface area (Å²) in [5.74, 6) is 0.767. The van der Waals surface area contributed by atoms with E-state index in [1.165, 1.54) is 25.9 Å². The summed E-state index contributed by atoms with van der Waals surface area (Å²) in [4.78, 5) is 32.4. The molecule has 0 bridgehead atoms. The average Bonchev–Trinajstić information content (AvgIpc) is 3.09. The Balaban J connectivity index is 1.45. The number of rotatable bonds is 5. The second-order valence-corrected chi connectivity index (χ2v) is 7.69. The first kappa shape index (κ1) is 18.2. The Kier molecular flexibility index (Phi) is 5.53. The third-order valence-electron chi connectivity index (χ3n) is 5.71. The molecule has 1 saturated heterocycles. The normalized spacial score (nSPS) is 17.6. The van der Waals surface area contributed by atoms with Gasteiger partial charge in [-0.3, -0.25) is 14.2 Å². The minimum atomic E-state index is -0.0878. The smallest absolute Gasteiger partial charge is 0.261 e. The molecule has 1 N–H and O–H groups in total. The van der Waals surface area contributed by atoms with E-state index in [0.29, 0.717) is 23.0 Å². The standard InChI is InChI=1S/C21H28N4O2/c26-20(22-10-6-13-24-11-4-5-12-24)16-8-9-17-18(15-16)23-19-7-2-1-3-14-25(19)21(17)27/h8-9,15H,1-7,10-14H2,(H,22,26). The maximum Gasteiger partial charge on any atom is 0.261 e. The lowest BCUT2D eigenvalue weighted by Gasteiger charge is -2.14. The zero-order chi connectivity index (χ0) is 18.6. The van der Waals surface area contributed by atoms with Crippen molar-refractivity contribution >= 4 is 16.8 Å². The number of aromatic nitrogens is 2. The molecule has 6 heteroatoms. The van der Waals surface area contributed by atoms with E-state index in [2.05, 4.69) is 10.2 Å². The van der Waals surface area contributed by atoms with Gasteiger partial charge in [-0.25, -0.2) is 4.98 Å². The van der Waals surface area contributed by atoms with Crippen LogP contribution in [-0.2, 0) is 13.0 Å². The van der Waals surface area contributed by atoms with Crippen molar-refractivity contribution < 1.29 is 4.79 Å². The largest absolute Gasteiger partial charge is 0.352 e. The lowest BCUT2D eigenvalue weighted by Crippen LogP contribution is -2.29. The Bertz CT molecular complexity index is 884. The molecule has 0 radical (unpaired) electrons. The van der Waals surface area contributed by atoms with Crippen molar-refractivity contribution in [3.8, 4) is 0 Å². The first-order valence-electron chi connectivity index (χ1n) is 10.3. The van der Waals surface area contributed by atoms with Gasteiger partial charge in [0, 0.05) is 25.1 Å². The van der Waals surface area contributed by atoms with Gasteiger partial charge in [-0.15, -0.1) is 0 Å². The van der Waals surface area contributed by atoms with Crippen LogP contribution in [0.4, 0.5) is 0 Å². The fourth-order valence-corrected chi connectivity index (χ4v) is 4.17. The van der Waals surface area contributed by atoms with Gasteiger partial charge < -0.3 is 10.2 Å². The Morgan fingerprint density at radius 1 is 1.07 bits per heavy atom. The Labute approximate surface area is 159 Å². The van der Waals surface area contributed by atoms with Crippen LogP contribution < -0.4 is 10.9 Å². The van der Waals surface area contributed by atoms with Crippen molar-refractivity contribution in [3.05, 3.63) is 39.9 Å². The van der Waals surface area contributed by atoms with Crippen LogP contribution in [0.1, 0.15) is 54.7 Å². The van der Waals surface area contributed by atoms with Crippen molar-refractivity contribution in [2.45, 2.75) is 51.5 Å². The van der Waals surface area contributed by atoms with E-state index in [1.807, 2.05) is 4.57 Å². The van der Waals surface area contributed by atoms with Gasteiger partial charge in [-0.2, -0.15) is 0 Å². The Morgan fingerprint density at radius 2 is 1.89 bits per heavy atom. The van der Waals surface area contributed by atoms with Gasteiger partial charge in [0.05, 0.1) is 10.9 Å². The number of likely N-dealkylation sites (tertiary alicyclic amines) is 1. The topological polar surface area (TPSA) is 67.2 Å². The molecule has 0 aliphatic carbocycles. The van der Waals surface area contributed by atoms with Gasteiger partial charge >= 0.3 is 0 Å². The summed E-state index contributed by atoms with van der Waals surface area (Å²) in [6.07, 6.45) is 7.60. The summed E-state index contributed by atoms with van der Waals surface area (Å²) in [5, 5.41) is 3.60. The molecule has 2 aliphatic heterocycles. The summed E-state index contributed by atoms with van der Waals surface area (Å²) >= 11 is 0. The van der Waals surface area contributed by atoms with Crippen molar-refractivity contribution in [3.63, 3.8) is 0 Å². The maximum atomic E-state index is 12.8. The third kappa shape index (κ3) is 4.05. The number of hydrogen-bond donors (Lipinski definition) is 1. The second-order valence-electron chi connectivity index (χ2n) is 7.69. The Morgan fingerprint density at radius 3 is 2.74 bits per heavy atom. The van der Waals surface area contributed by atoms with Crippen LogP contribution in [0.5, 0.6) is 0 Å². The van der Waals surface area contributed by atoms with Gasteiger partial charge in [0.1, 0.15) is 5.82 Å².